The van der Waals surface area contributed by atoms with Crippen LogP contribution in [0.3, 0.4) is 0 Å². The van der Waals surface area contributed by atoms with Crippen LogP contribution in [0.25, 0.3) is 0 Å². The number of esters is 2. The third-order valence-corrected chi connectivity index (χ3v) is 4.78. The van der Waals surface area contributed by atoms with Crippen LogP contribution in [0.15, 0.2) is 0 Å². The molecule has 1 fully saturated rings. The molecule has 3 atom stereocenters. The van der Waals surface area contributed by atoms with Gasteiger partial charge in [0.05, 0.1) is 18.4 Å². The van der Waals surface area contributed by atoms with Crippen LogP contribution in [0.4, 0.5) is 0 Å². The van der Waals surface area contributed by atoms with Gasteiger partial charge in [0.25, 0.3) is 0 Å². The van der Waals surface area contributed by atoms with Gasteiger partial charge < -0.3 is 9.47 Å². The fourth-order valence-corrected chi connectivity index (χ4v) is 3.28. The van der Waals surface area contributed by atoms with E-state index in [1.165, 1.54) is 6.42 Å². The molecule has 4 nitrogen and oxygen atoms in total. The lowest BCUT2D eigenvalue weighted by atomic mass is 9.79. The van der Waals surface area contributed by atoms with Gasteiger partial charge in [-0.1, -0.05) is 46.0 Å². The first-order valence-electron chi connectivity index (χ1n) is 9.68. The summed E-state index contributed by atoms with van der Waals surface area (Å²) in [5, 5.41) is 0. The largest absolute Gasteiger partial charge is 0.465 e. The zero-order chi connectivity index (χ0) is 18.2. The van der Waals surface area contributed by atoms with Crippen LogP contribution in [0.2, 0.25) is 0 Å². The molecule has 140 valence electrons. The van der Waals surface area contributed by atoms with Gasteiger partial charge >= 0.3 is 11.9 Å². The molecule has 24 heavy (non-hydrogen) atoms. The van der Waals surface area contributed by atoms with E-state index in [1.54, 1.807) is 0 Å². The van der Waals surface area contributed by atoms with Gasteiger partial charge in [-0.2, -0.15) is 0 Å². The molecule has 0 N–H and O–H groups in total. The van der Waals surface area contributed by atoms with Crippen molar-refractivity contribution >= 4 is 11.9 Å². The maximum atomic E-state index is 12.5. The number of hydrogen-bond acceptors (Lipinski definition) is 4. The van der Waals surface area contributed by atoms with Gasteiger partial charge in [0, 0.05) is 0 Å². The smallest absolute Gasteiger partial charge is 0.310 e. The monoisotopic (exact) mass is 340 g/mol. The number of carbonyl (C=O) groups excluding carboxylic acids is 2. The van der Waals surface area contributed by atoms with Gasteiger partial charge in [0.1, 0.15) is 5.60 Å². The summed E-state index contributed by atoms with van der Waals surface area (Å²) >= 11 is 0. The van der Waals surface area contributed by atoms with Crippen molar-refractivity contribution in [2.24, 2.45) is 17.8 Å². The van der Waals surface area contributed by atoms with Crippen molar-refractivity contribution in [3.8, 4) is 0 Å². The molecule has 1 aliphatic carbocycles. The Morgan fingerprint density at radius 1 is 1.04 bits per heavy atom. The van der Waals surface area contributed by atoms with Crippen LogP contribution in [-0.2, 0) is 19.1 Å². The molecule has 0 aromatic carbocycles. The number of hydrogen-bond donors (Lipinski definition) is 0. The SMILES string of the molecule is CCCCC(CC)COC(=O)C1CCCCC1C(=O)OC(C)(C)C. The Bertz CT molecular complexity index is 397. The summed E-state index contributed by atoms with van der Waals surface area (Å²) in [5.74, 6) is -0.710. The first kappa shape index (κ1) is 21.0. The maximum absolute atomic E-state index is 12.5. The molecule has 0 saturated heterocycles. The molecule has 0 amide bonds. The predicted molar refractivity (Wildman–Crippen MR) is 95.6 cm³/mol. The molecule has 0 heterocycles. The van der Waals surface area contributed by atoms with E-state index in [2.05, 4.69) is 13.8 Å². The highest BCUT2D eigenvalue weighted by molar-refractivity contribution is 5.82. The topological polar surface area (TPSA) is 52.6 Å². The Labute approximate surface area is 147 Å². The predicted octanol–water partition coefficient (Wildman–Crippen LogP) is 4.89. The van der Waals surface area contributed by atoms with Crippen LogP contribution in [0, 0.1) is 17.8 Å². The minimum atomic E-state index is -0.517. The van der Waals surface area contributed by atoms with Crippen LogP contribution in [-0.4, -0.2) is 24.1 Å². The van der Waals surface area contributed by atoms with E-state index in [0.717, 1.165) is 44.9 Å². The number of rotatable bonds is 8. The van der Waals surface area contributed by atoms with Gasteiger partial charge in [-0.15, -0.1) is 0 Å². The molecule has 0 aliphatic heterocycles. The molecular formula is C20H36O4. The Morgan fingerprint density at radius 3 is 2.12 bits per heavy atom. The summed E-state index contributed by atoms with van der Waals surface area (Å²) in [6.45, 7) is 10.4. The van der Waals surface area contributed by atoms with Crippen molar-refractivity contribution in [3.63, 3.8) is 0 Å². The van der Waals surface area contributed by atoms with Gasteiger partial charge in [-0.25, -0.2) is 0 Å². The zero-order valence-corrected chi connectivity index (χ0v) is 16.2. The Hall–Kier alpha value is -1.06. The minimum Gasteiger partial charge on any atom is -0.465 e. The number of carbonyl (C=O) groups is 2. The third kappa shape index (κ3) is 7.23. The van der Waals surface area contributed by atoms with Crippen molar-refractivity contribution in [3.05, 3.63) is 0 Å². The summed E-state index contributed by atoms with van der Waals surface area (Å²) in [6, 6.07) is 0. The van der Waals surface area contributed by atoms with Crippen LogP contribution >= 0.6 is 0 Å². The second-order valence-corrected chi connectivity index (χ2v) is 8.08. The fraction of sp³-hybridized carbons (Fsp3) is 0.900. The molecule has 0 bridgehead atoms. The highest BCUT2D eigenvalue weighted by atomic mass is 16.6. The quantitative estimate of drug-likeness (QED) is 0.590. The molecular weight excluding hydrogens is 304 g/mol. The summed E-state index contributed by atoms with van der Waals surface area (Å²) in [5.41, 5.74) is -0.517. The van der Waals surface area contributed by atoms with Crippen LogP contribution in [0.1, 0.15) is 86.0 Å². The molecule has 3 unspecified atom stereocenters. The van der Waals surface area contributed by atoms with Gasteiger partial charge in [-0.05, 0) is 46.0 Å². The molecule has 1 saturated carbocycles. The lowest BCUT2D eigenvalue weighted by Crippen LogP contribution is -2.38. The van der Waals surface area contributed by atoms with Gasteiger partial charge in [0.15, 0.2) is 0 Å². The van der Waals surface area contributed by atoms with Crippen molar-refractivity contribution in [2.45, 2.75) is 91.6 Å². The van der Waals surface area contributed by atoms with E-state index >= 15 is 0 Å². The summed E-state index contributed by atoms with van der Waals surface area (Å²) < 4.78 is 11.1. The maximum Gasteiger partial charge on any atom is 0.310 e. The molecule has 0 spiro atoms. The average molecular weight is 341 g/mol. The third-order valence-electron chi connectivity index (χ3n) is 4.78. The Morgan fingerprint density at radius 2 is 1.62 bits per heavy atom. The first-order valence-corrected chi connectivity index (χ1v) is 9.68. The Kier molecular flexibility index (Phi) is 8.79. The second-order valence-electron chi connectivity index (χ2n) is 8.08. The van der Waals surface area contributed by atoms with Crippen molar-refractivity contribution in [1.29, 1.82) is 0 Å². The fourth-order valence-electron chi connectivity index (χ4n) is 3.28. The van der Waals surface area contributed by atoms with E-state index in [0.29, 0.717) is 12.5 Å². The van der Waals surface area contributed by atoms with Gasteiger partial charge in [0.2, 0.25) is 0 Å². The minimum absolute atomic E-state index is 0.208. The Balaban J connectivity index is 2.60. The van der Waals surface area contributed by atoms with E-state index < -0.39 is 5.60 Å². The molecule has 4 heteroatoms. The lowest BCUT2D eigenvalue weighted by Gasteiger charge is -2.31. The van der Waals surface area contributed by atoms with Crippen LogP contribution in [0.5, 0.6) is 0 Å². The summed E-state index contributed by atoms with van der Waals surface area (Å²) in [6.07, 6.45) is 7.85. The number of unbranched alkanes of at least 4 members (excludes halogenated alkanes) is 1. The normalized spacial score (nSPS) is 22.7. The van der Waals surface area contributed by atoms with Crippen molar-refractivity contribution in [2.75, 3.05) is 6.61 Å². The van der Waals surface area contributed by atoms with E-state index in [9.17, 15) is 9.59 Å². The van der Waals surface area contributed by atoms with Crippen molar-refractivity contribution < 1.29 is 19.1 Å². The van der Waals surface area contributed by atoms with Crippen molar-refractivity contribution in [1.82, 2.24) is 0 Å². The second kappa shape index (κ2) is 10.0. The summed E-state index contributed by atoms with van der Waals surface area (Å²) in [7, 11) is 0. The lowest BCUT2D eigenvalue weighted by molar-refractivity contribution is -0.170. The average Bonchev–Trinajstić information content (AvgIpc) is 2.53. The van der Waals surface area contributed by atoms with Crippen LogP contribution < -0.4 is 0 Å². The molecule has 1 aliphatic rings. The van der Waals surface area contributed by atoms with E-state index in [1.807, 2.05) is 20.8 Å². The van der Waals surface area contributed by atoms with Gasteiger partial charge in [-0.3, -0.25) is 9.59 Å². The molecule has 1 rings (SSSR count). The molecule has 0 aromatic rings. The zero-order valence-electron chi connectivity index (χ0n) is 16.2. The highest BCUT2D eigenvalue weighted by Crippen LogP contribution is 2.33. The standard InChI is InChI=1S/C20H36O4/c1-6-8-11-15(7-2)14-23-18(21)16-12-9-10-13-17(16)19(22)24-20(3,4)5/h15-17H,6-14H2,1-5H3. The molecule has 0 radical (unpaired) electrons. The first-order chi connectivity index (χ1) is 11.3. The van der Waals surface area contributed by atoms with E-state index in [4.69, 9.17) is 9.47 Å². The highest BCUT2D eigenvalue weighted by Gasteiger charge is 2.39. The number of ether oxygens (including phenoxy) is 2. The molecule has 0 aromatic heterocycles. The van der Waals surface area contributed by atoms with E-state index in [-0.39, 0.29) is 23.8 Å². The summed E-state index contributed by atoms with van der Waals surface area (Å²) in [4.78, 5) is 25.0.